The Balaban J connectivity index is 0.000000427. The zero-order valence-electron chi connectivity index (χ0n) is 39.9. The van der Waals surface area contributed by atoms with Gasteiger partial charge >= 0.3 is 0 Å². The van der Waals surface area contributed by atoms with Crippen molar-refractivity contribution in [1.29, 1.82) is 0 Å². The minimum absolute atomic E-state index is 0. The average molecular weight is 857 g/mol. The molecule has 0 aromatic heterocycles. The summed E-state index contributed by atoms with van der Waals surface area (Å²) in [7, 11) is 0. The molecule has 0 atom stereocenters. The van der Waals surface area contributed by atoms with E-state index in [1.54, 1.807) is 0 Å². The predicted octanol–water partition coefficient (Wildman–Crippen LogP) is 18.3. The molecule has 0 saturated heterocycles. The van der Waals surface area contributed by atoms with Gasteiger partial charge in [-0.25, -0.2) is 0 Å². The highest BCUT2D eigenvalue weighted by atomic mass is 16.5. The van der Waals surface area contributed by atoms with Crippen LogP contribution in [0.15, 0.2) is 121 Å². The fraction of sp³-hybridized carbons (Fsp3) is 0.306. The molecular formula is C62H80O2. The molecule has 0 spiro atoms. The number of ketones is 1. The fourth-order valence-corrected chi connectivity index (χ4v) is 6.57. The molecule has 0 aliphatic heterocycles. The molecule has 7 aromatic rings. The lowest BCUT2D eigenvalue weighted by Crippen LogP contribution is -2.03. The Morgan fingerprint density at radius 2 is 0.500 bits per heavy atom. The molecule has 0 radical (unpaired) electrons. The standard InChI is InChI=1S/C17H18O.C16H18O.C16H18.C10H14.3CH4/c1-11-5-7-15(9-13(11)3)17(18)16-8-6-12(2)14(4)10-16;1-11-5-7-15(9-13(11)3)17-16-8-6-12(2)14(4)10-16;1-11-5-7-15(9-13(11)3)16-8-6-12(2)14(4)10-16;1-7-5-9(3)10(4)6-8(7)2;;;/h5-10H,1-4H3;5-10H,1-4H3;5-10H,1-4H3;5-6H,1-4H3;3*1H4. The fourth-order valence-electron chi connectivity index (χ4n) is 6.57. The third-order valence-electron chi connectivity index (χ3n) is 12.2. The van der Waals surface area contributed by atoms with E-state index in [0.29, 0.717) is 0 Å². The first-order chi connectivity index (χ1) is 28.7. The molecule has 7 rings (SSSR count). The normalized spacial score (nSPS) is 9.88. The number of ether oxygens (including phenoxy) is 1. The molecule has 2 nitrogen and oxygen atoms in total. The molecule has 0 saturated carbocycles. The van der Waals surface area contributed by atoms with Crippen LogP contribution in [0.5, 0.6) is 11.5 Å². The van der Waals surface area contributed by atoms with Crippen molar-refractivity contribution in [2.75, 3.05) is 0 Å². The summed E-state index contributed by atoms with van der Waals surface area (Å²) < 4.78 is 5.85. The summed E-state index contributed by atoms with van der Waals surface area (Å²) in [5, 5.41) is 0. The van der Waals surface area contributed by atoms with E-state index in [9.17, 15) is 4.79 Å². The van der Waals surface area contributed by atoms with Gasteiger partial charge in [0, 0.05) is 11.1 Å². The Bertz CT molecular complexity index is 2430. The lowest BCUT2D eigenvalue weighted by molar-refractivity contribution is 0.103. The van der Waals surface area contributed by atoms with Crippen molar-refractivity contribution in [2.24, 2.45) is 0 Å². The summed E-state index contributed by atoms with van der Waals surface area (Å²) in [6.07, 6.45) is 0. The summed E-state index contributed by atoms with van der Waals surface area (Å²) in [6, 6.07) is 41.9. The number of hydrogen-bond donors (Lipinski definition) is 0. The van der Waals surface area contributed by atoms with Gasteiger partial charge in [-0.1, -0.05) is 107 Å². The van der Waals surface area contributed by atoms with Crippen LogP contribution in [-0.2, 0) is 0 Å². The smallest absolute Gasteiger partial charge is 0.193 e. The predicted molar refractivity (Wildman–Crippen MR) is 284 cm³/mol. The quantitative estimate of drug-likeness (QED) is 0.161. The number of benzene rings is 7. The maximum atomic E-state index is 12.4. The highest BCUT2D eigenvalue weighted by Gasteiger charge is 2.11. The topological polar surface area (TPSA) is 26.3 Å². The first-order valence-electron chi connectivity index (χ1n) is 21.4. The third kappa shape index (κ3) is 15.7. The van der Waals surface area contributed by atoms with E-state index in [0.717, 1.165) is 33.8 Å². The molecule has 0 N–H and O–H groups in total. The second-order valence-corrected chi connectivity index (χ2v) is 17.1. The molecule has 2 heteroatoms. The number of aryl methyl sites for hydroxylation is 16. The van der Waals surface area contributed by atoms with Gasteiger partial charge in [0.05, 0.1) is 0 Å². The number of carbonyl (C=O) groups is 1. The molecule has 64 heavy (non-hydrogen) atoms. The van der Waals surface area contributed by atoms with Crippen LogP contribution >= 0.6 is 0 Å². The van der Waals surface area contributed by atoms with E-state index in [-0.39, 0.29) is 28.1 Å². The van der Waals surface area contributed by atoms with E-state index in [1.807, 2.05) is 62.4 Å². The van der Waals surface area contributed by atoms with Crippen LogP contribution in [0, 0.1) is 111 Å². The Morgan fingerprint density at radius 1 is 0.266 bits per heavy atom. The van der Waals surface area contributed by atoms with Gasteiger partial charge in [-0.05, 0) is 247 Å². The Labute approximate surface area is 390 Å². The van der Waals surface area contributed by atoms with Crippen LogP contribution in [0.4, 0.5) is 0 Å². The number of carbonyl (C=O) groups excluding carboxylic acids is 1. The van der Waals surface area contributed by atoms with Crippen LogP contribution in [0.1, 0.15) is 127 Å². The van der Waals surface area contributed by atoms with Gasteiger partial charge in [-0.15, -0.1) is 0 Å². The Kier molecular flexibility index (Phi) is 22.2. The van der Waals surface area contributed by atoms with E-state index >= 15 is 0 Å². The molecule has 0 heterocycles. The van der Waals surface area contributed by atoms with Crippen LogP contribution in [-0.4, -0.2) is 5.78 Å². The largest absolute Gasteiger partial charge is 0.457 e. The van der Waals surface area contributed by atoms with Crippen molar-refractivity contribution in [2.45, 2.75) is 133 Å². The van der Waals surface area contributed by atoms with Crippen molar-refractivity contribution in [3.05, 3.63) is 221 Å². The maximum Gasteiger partial charge on any atom is 0.193 e. The van der Waals surface area contributed by atoms with E-state index < -0.39 is 0 Å². The second-order valence-electron chi connectivity index (χ2n) is 17.1. The molecule has 0 fully saturated rings. The minimum Gasteiger partial charge on any atom is -0.457 e. The van der Waals surface area contributed by atoms with Gasteiger partial charge in [0.2, 0.25) is 0 Å². The summed E-state index contributed by atoms with van der Waals surface area (Å²) in [4.78, 5) is 12.4. The molecule has 340 valence electrons. The summed E-state index contributed by atoms with van der Waals surface area (Å²) in [6.45, 7) is 33.8. The van der Waals surface area contributed by atoms with Gasteiger partial charge in [0.15, 0.2) is 5.78 Å². The van der Waals surface area contributed by atoms with E-state index in [1.165, 1.54) is 89.0 Å². The SMILES string of the molecule is C.C.C.Cc1cc(C)c(C)cc1C.Cc1ccc(-c2ccc(C)c(C)c2)cc1C.Cc1ccc(C(=O)c2ccc(C)c(C)c2)cc1C.Cc1ccc(Oc2ccc(C)c(C)c2)cc1C. The van der Waals surface area contributed by atoms with Crippen LogP contribution in [0.2, 0.25) is 0 Å². The van der Waals surface area contributed by atoms with Crippen molar-refractivity contribution in [1.82, 2.24) is 0 Å². The van der Waals surface area contributed by atoms with Crippen LogP contribution in [0.3, 0.4) is 0 Å². The molecule has 7 aromatic carbocycles. The van der Waals surface area contributed by atoms with Gasteiger partial charge in [0.1, 0.15) is 11.5 Å². The lowest BCUT2D eigenvalue weighted by Gasteiger charge is -2.09. The number of hydrogen-bond acceptors (Lipinski definition) is 2. The average Bonchev–Trinajstić information content (AvgIpc) is 3.21. The highest BCUT2D eigenvalue weighted by Crippen LogP contribution is 2.26. The summed E-state index contributed by atoms with van der Waals surface area (Å²) >= 11 is 0. The van der Waals surface area contributed by atoms with Gasteiger partial charge in [-0.2, -0.15) is 0 Å². The Hall–Kier alpha value is -5.99. The summed E-state index contributed by atoms with van der Waals surface area (Å²) in [5.74, 6) is 1.90. The maximum absolute atomic E-state index is 12.4. The van der Waals surface area contributed by atoms with Crippen molar-refractivity contribution < 1.29 is 9.53 Å². The molecular weight excluding hydrogens is 777 g/mol. The molecule has 0 aliphatic carbocycles. The van der Waals surface area contributed by atoms with Crippen molar-refractivity contribution in [3.8, 4) is 22.6 Å². The van der Waals surface area contributed by atoms with Gasteiger partial charge in [0.25, 0.3) is 0 Å². The zero-order valence-corrected chi connectivity index (χ0v) is 39.9. The third-order valence-corrected chi connectivity index (χ3v) is 12.2. The monoisotopic (exact) mass is 857 g/mol. The van der Waals surface area contributed by atoms with Gasteiger partial charge in [-0.3, -0.25) is 4.79 Å². The Morgan fingerprint density at radius 3 is 0.766 bits per heavy atom. The minimum atomic E-state index is 0. The van der Waals surface area contributed by atoms with Crippen LogP contribution in [0.25, 0.3) is 11.1 Å². The first kappa shape index (κ1) is 56.0. The van der Waals surface area contributed by atoms with Crippen molar-refractivity contribution in [3.63, 3.8) is 0 Å². The molecule has 0 unspecified atom stereocenters. The first-order valence-corrected chi connectivity index (χ1v) is 21.4. The molecule has 0 aliphatic rings. The summed E-state index contributed by atoms with van der Waals surface area (Å²) in [5.41, 5.74) is 25.0. The van der Waals surface area contributed by atoms with E-state index in [2.05, 4.69) is 170 Å². The molecule has 0 amide bonds. The van der Waals surface area contributed by atoms with E-state index in [4.69, 9.17) is 4.74 Å². The zero-order chi connectivity index (χ0) is 45.1. The second kappa shape index (κ2) is 25.3. The highest BCUT2D eigenvalue weighted by molar-refractivity contribution is 6.09. The van der Waals surface area contributed by atoms with Crippen LogP contribution < -0.4 is 4.74 Å². The van der Waals surface area contributed by atoms with Crippen molar-refractivity contribution >= 4 is 5.78 Å². The lowest BCUT2D eigenvalue weighted by atomic mass is 9.97. The van der Waals surface area contributed by atoms with Gasteiger partial charge < -0.3 is 4.74 Å². The number of rotatable bonds is 5. The molecule has 0 bridgehead atoms.